The molecule has 0 radical (unpaired) electrons. The van der Waals surface area contributed by atoms with Crippen LogP contribution in [0.5, 0.6) is 0 Å². The molecule has 0 bridgehead atoms. The summed E-state index contributed by atoms with van der Waals surface area (Å²) < 4.78 is 5.50. The van der Waals surface area contributed by atoms with Gasteiger partial charge in [0.2, 0.25) is 0 Å². The van der Waals surface area contributed by atoms with Crippen molar-refractivity contribution in [3.05, 3.63) is 16.4 Å². The third kappa shape index (κ3) is 5.51. The van der Waals surface area contributed by atoms with Gasteiger partial charge in [0, 0.05) is 18.2 Å². The van der Waals surface area contributed by atoms with Crippen LogP contribution in [0.4, 0.5) is 0 Å². The van der Waals surface area contributed by atoms with E-state index in [0.717, 1.165) is 0 Å². The van der Waals surface area contributed by atoms with Gasteiger partial charge in [-0.05, 0) is 36.7 Å². The van der Waals surface area contributed by atoms with Crippen LogP contribution in [0.15, 0.2) is 15.2 Å². The van der Waals surface area contributed by atoms with E-state index >= 15 is 0 Å². The topological polar surface area (TPSA) is 58.3 Å². The lowest BCUT2D eigenvalue weighted by molar-refractivity contribution is 0.129. The van der Waals surface area contributed by atoms with Gasteiger partial charge in [-0.2, -0.15) is 0 Å². The predicted molar refractivity (Wildman–Crippen MR) is 64.2 cm³/mol. The van der Waals surface area contributed by atoms with Crippen LogP contribution in [0.1, 0.15) is 32.6 Å². The minimum atomic E-state index is -0.659. The van der Waals surface area contributed by atoms with Crippen molar-refractivity contribution in [2.75, 3.05) is 6.54 Å². The summed E-state index contributed by atoms with van der Waals surface area (Å²) in [5.74, 6) is 0.466. The van der Waals surface area contributed by atoms with Gasteiger partial charge >= 0.3 is 0 Å². The van der Waals surface area contributed by atoms with Crippen LogP contribution in [0.25, 0.3) is 0 Å². The molecule has 0 unspecified atom stereocenters. The molecule has 0 spiro atoms. The summed E-state index contributed by atoms with van der Waals surface area (Å²) in [6.45, 7) is 6.56. The molecule has 1 atom stereocenters. The van der Waals surface area contributed by atoms with Crippen molar-refractivity contribution in [2.45, 2.75) is 32.4 Å². The van der Waals surface area contributed by atoms with Gasteiger partial charge in [-0.25, -0.2) is 0 Å². The molecule has 2 N–H and O–H groups in total. The SMILES string of the molecule is CC(C)(C)NC[C@H](O)c1cc(Br)no1.Cl. The molecule has 88 valence electrons. The summed E-state index contributed by atoms with van der Waals surface area (Å²) in [7, 11) is 0. The van der Waals surface area contributed by atoms with Gasteiger partial charge in [0.05, 0.1) is 0 Å². The van der Waals surface area contributed by atoms with Gasteiger partial charge in [-0.3, -0.25) is 0 Å². The smallest absolute Gasteiger partial charge is 0.167 e. The van der Waals surface area contributed by atoms with Crippen molar-refractivity contribution in [3.8, 4) is 0 Å². The van der Waals surface area contributed by atoms with E-state index in [4.69, 9.17) is 4.52 Å². The quantitative estimate of drug-likeness (QED) is 0.899. The summed E-state index contributed by atoms with van der Waals surface area (Å²) in [6, 6.07) is 1.66. The first-order chi connectivity index (χ1) is 6.38. The van der Waals surface area contributed by atoms with Crippen LogP contribution in [-0.4, -0.2) is 22.3 Å². The summed E-state index contributed by atoms with van der Waals surface area (Å²) in [5, 5.41) is 16.5. The Bertz CT molecular complexity index is 299. The molecule has 1 aromatic rings. The number of nitrogens with zero attached hydrogens (tertiary/aromatic N) is 1. The van der Waals surface area contributed by atoms with Gasteiger partial charge in [-0.1, -0.05) is 5.16 Å². The van der Waals surface area contributed by atoms with Crippen molar-refractivity contribution in [3.63, 3.8) is 0 Å². The highest BCUT2D eigenvalue weighted by Gasteiger charge is 2.16. The van der Waals surface area contributed by atoms with Crippen LogP contribution in [0.3, 0.4) is 0 Å². The Morgan fingerprint density at radius 3 is 2.60 bits per heavy atom. The molecule has 0 fully saturated rings. The molecular formula is C9H16BrClN2O2. The zero-order valence-corrected chi connectivity index (χ0v) is 11.4. The van der Waals surface area contributed by atoms with E-state index in [1.54, 1.807) is 6.07 Å². The van der Waals surface area contributed by atoms with E-state index in [2.05, 4.69) is 26.4 Å². The number of nitrogens with one attached hydrogen (secondary N) is 1. The number of halogens is 2. The molecule has 0 saturated heterocycles. The normalized spacial score (nSPS) is 13.4. The Morgan fingerprint density at radius 1 is 1.60 bits per heavy atom. The minimum absolute atomic E-state index is 0. The second kappa shape index (κ2) is 5.84. The number of aliphatic hydroxyl groups excluding tert-OH is 1. The van der Waals surface area contributed by atoms with E-state index in [1.165, 1.54) is 0 Å². The summed E-state index contributed by atoms with van der Waals surface area (Å²) in [5.41, 5.74) is -0.0156. The first kappa shape index (κ1) is 14.9. The number of rotatable bonds is 3. The predicted octanol–water partition coefficient (Wildman–Crippen LogP) is 2.28. The molecule has 0 amide bonds. The fourth-order valence-electron chi connectivity index (χ4n) is 0.927. The van der Waals surface area contributed by atoms with Gasteiger partial charge in [-0.15, -0.1) is 12.4 Å². The Kier molecular flexibility index (Phi) is 5.80. The molecule has 1 aromatic heterocycles. The lowest BCUT2D eigenvalue weighted by Crippen LogP contribution is -2.38. The zero-order chi connectivity index (χ0) is 10.8. The van der Waals surface area contributed by atoms with Gasteiger partial charge in [0.1, 0.15) is 10.7 Å². The second-order valence-electron chi connectivity index (χ2n) is 4.20. The molecule has 15 heavy (non-hydrogen) atoms. The maximum atomic E-state index is 9.68. The molecule has 0 aliphatic heterocycles. The van der Waals surface area contributed by atoms with E-state index in [1.807, 2.05) is 20.8 Å². The average Bonchev–Trinajstić information content (AvgIpc) is 2.46. The maximum absolute atomic E-state index is 9.68. The highest BCUT2D eigenvalue weighted by Crippen LogP contribution is 2.17. The molecule has 4 nitrogen and oxygen atoms in total. The lowest BCUT2D eigenvalue weighted by Gasteiger charge is -2.21. The molecule has 1 heterocycles. The number of hydrogen-bond donors (Lipinski definition) is 2. The fourth-order valence-corrected chi connectivity index (χ4v) is 1.22. The summed E-state index contributed by atoms with van der Waals surface area (Å²) in [6.07, 6.45) is -0.659. The number of β-amino-alcohol motifs (C(OH)–C–C–N with tert-alkyl or cyclic N) is 1. The fraction of sp³-hybridized carbons (Fsp3) is 0.667. The van der Waals surface area contributed by atoms with Crippen molar-refractivity contribution < 1.29 is 9.63 Å². The average molecular weight is 300 g/mol. The maximum Gasteiger partial charge on any atom is 0.167 e. The molecule has 0 aromatic carbocycles. The molecular weight excluding hydrogens is 283 g/mol. The summed E-state index contributed by atoms with van der Waals surface area (Å²) in [4.78, 5) is 0. The van der Waals surface area contributed by atoms with Crippen molar-refractivity contribution in [1.82, 2.24) is 10.5 Å². The first-order valence-corrected chi connectivity index (χ1v) is 5.23. The number of aromatic nitrogens is 1. The lowest BCUT2D eigenvalue weighted by atomic mass is 10.1. The Morgan fingerprint density at radius 2 is 2.20 bits per heavy atom. The van der Waals surface area contributed by atoms with E-state index in [-0.39, 0.29) is 17.9 Å². The Balaban J connectivity index is 0.00000196. The van der Waals surface area contributed by atoms with Gasteiger partial charge < -0.3 is 14.9 Å². The Labute approximate surface area is 104 Å². The van der Waals surface area contributed by atoms with Crippen LogP contribution in [0, 0.1) is 0 Å². The molecule has 0 aliphatic carbocycles. The molecule has 0 saturated carbocycles. The van der Waals surface area contributed by atoms with Crippen molar-refractivity contribution in [1.29, 1.82) is 0 Å². The third-order valence-corrected chi connectivity index (χ3v) is 2.03. The monoisotopic (exact) mass is 298 g/mol. The second-order valence-corrected chi connectivity index (χ2v) is 5.01. The van der Waals surface area contributed by atoms with Crippen LogP contribution in [-0.2, 0) is 0 Å². The van der Waals surface area contributed by atoms with E-state index in [9.17, 15) is 5.11 Å². The molecule has 1 rings (SSSR count). The summed E-state index contributed by atoms with van der Waals surface area (Å²) >= 11 is 3.15. The Hall–Kier alpha value is -0.100. The molecule has 0 aliphatic rings. The first-order valence-electron chi connectivity index (χ1n) is 4.44. The van der Waals surface area contributed by atoms with Gasteiger partial charge in [0.25, 0.3) is 0 Å². The van der Waals surface area contributed by atoms with Gasteiger partial charge in [0.15, 0.2) is 5.76 Å². The van der Waals surface area contributed by atoms with Crippen LogP contribution >= 0.6 is 28.3 Å². The number of hydrogen-bond acceptors (Lipinski definition) is 4. The van der Waals surface area contributed by atoms with Crippen LogP contribution < -0.4 is 5.32 Å². The van der Waals surface area contributed by atoms with Crippen molar-refractivity contribution in [2.24, 2.45) is 0 Å². The zero-order valence-electron chi connectivity index (χ0n) is 8.95. The van der Waals surface area contributed by atoms with E-state index in [0.29, 0.717) is 16.9 Å². The third-order valence-electron chi connectivity index (χ3n) is 1.65. The van der Waals surface area contributed by atoms with E-state index < -0.39 is 6.10 Å². The highest BCUT2D eigenvalue weighted by atomic mass is 79.9. The minimum Gasteiger partial charge on any atom is -0.384 e. The molecule has 6 heteroatoms. The van der Waals surface area contributed by atoms with Crippen molar-refractivity contribution >= 4 is 28.3 Å². The standard InChI is InChI=1S/C9H15BrN2O2.ClH/c1-9(2,3)11-5-6(13)7-4-8(10)12-14-7;/h4,6,11,13H,5H2,1-3H3;1H/t6-;/m0./s1. The van der Waals surface area contributed by atoms with Crippen LogP contribution in [0.2, 0.25) is 0 Å². The largest absolute Gasteiger partial charge is 0.384 e. The highest BCUT2D eigenvalue weighted by molar-refractivity contribution is 9.10. The number of aliphatic hydroxyl groups is 1.